The molecule has 1 aromatic carbocycles. The smallest absolute Gasteiger partial charge is 0.238 e. The van der Waals surface area contributed by atoms with Crippen LogP contribution in [0.5, 0.6) is 0 Å². The third-order valence-corrected chi connectivity index (χ3v) is 3.24. The Kier molecular flexibility index (Phi) is 4.34. The summed E-state index contributed by atoms with van der Waals surface area (Å²) in [6.45, 7) is 4.06. The van der Waals surface area contributed by atoms with E-state index in [2.05, 4.69) is 22.2 Å². The molecular weight excluding hydrogens is 247 g/mol. The van der Waals surface area contributed by atoms with Gasteiger partial charge in [-0.1, -0.05) is 0 Å². The van der Waals surface area contributed by atoms with Crippen molar-refractivity contribution in [2.24, 2.45) is 0 Å². The molecule has 5 nitrogen and oxygen atoms in total. The molecule has 1 heterocycles. The number of carbonyl (C=O) groups is 1. The van der Waals surface area contributed by atoms with Crippen LogP contribution in [0.1, 0.15) is 0 Å². The summed E-state index contributed by atoms with van der Waals surface area (Å²) in [7, 11) is 2.07. The lowest BCUT2D eigenvalue weighted by Crippen LogP contribution is -2.47. The maximum absolute atomic E-state index is 13.0. The van der Waals surface area contributed by atoms with Crippen LogP contribution >= 0.6 is 0 Å². The number of piperazine rings is 1. The van der Waals surface area contributed by atoms with Gasteiger partial charge in [0.05, 0.1) is 12.2 Å². The molecule has 0 aliphatic carbocycles. The van der Waals surface area contributed by atoms with Crippen molar-refractivity contribution in [3.05, 3.63) is 24.0 Å². The molecule has 0 unspecified atom stereocenters. The highest BCUT2D eigenvalue weighted by Gasteiger charge is 2.16. The Balaban J connectivity index is 1.85. The van der Waals surface area contributed by atoms with E-state index in [0.29, 0.717) is 12.2 Å². The Morgan fingerprint density at radius 1 is 1.37 bits per heavy atom. The van der Waals surface area contributed by atoms with Crippen LogP contribution in [-0.2, 0) is 4.79 Å². The Labute approximate surface area is 112 Å². The fraction of sp³-hybridized carbons (Fsp3) is 0.462. The SMILES string of the molecule is CN1CCN(CC(=O)Nc2ccc(F)c(N)c2)CC1. The van der Waals surface area contributed by atoms with Crippen LogP contribution in [0.25, 0.3) is 0 Å². The molecule has 0 bridgehead atoms. The monoisotopic (exact) mass is 266 g/mol. The summed E-state index contributed by atoms with van der Waals surface area (Å²) in [5, 5.41) is 2.73. The third-order valence-electron chi connectivity index (χ3n) is 3.24. The van der Waals surface area contributed by atoms with Gasteiger partial charge < -0.3 is 16.0 Å². The highest BCUT2D eigenvalue weighted by molar-refractivity contribution is 5.92. The lowest BCUT2D eigenvalue weighted by atomic mass is 10.2. The minimum Gasteiger partial charge on any atom is -0.396 e. The summed E-state index contributed by atoms with van der Waals surface area (Å²) < 4.78 is 13.0. The molecule has 1 aliphatic heterocycles. The second-order valence-corrected chi connectivity index (χ2v) is 4.86. The van der Waals surface area contributed by atoms with Gasteiger partial charge in [0, 0.05) is 31.9 Å². The normalized spacial score (nSPS) is 17.4. The van der Waals surface area contributed by atoms with E-state index in [-0.39, 0.29) is 11.6 Å². The molecule has 1 fully saturated rings. The number of nitrogens with two attached hydrogens (primary N) is 1. The van der Waals surface area contributed by atoms with Crippen molar-refractivity contribution in [3.63, 3.8) is 0 Å². The number of halogens is 1. The molecule has 1 aromatic rings. The topological polar surface area (TPSA) is 61.6 Å². The lowest BCUT2D eigenvalue weighted by Gasteiger charge is -2.31. The summed E-state index contributed by atoms with van der Waals surface area (Å²) >= 11 is 0. The Hall–Kier alpha value is -1.66. The maximum atomic E-state index is 13.0. The Bertz CT molecular complexity index is 458. The van der Waals surface area contributed by atoms with Crippen LogP contribution < -0.4 is 11.1 Å². The molecule has 3 N–H and O–H groups in total. The van der Waals surface area contributed by atoms with Gasteiger partial charge in [-0.05, 0) is 25.2 Å². The first-order valence-electron chi connectivity index (χ1n) is 6.30. The first kappa shape index (κ1) is 13.8. The molecule has 0 atom stereocenters. The molecule has 0 aromatic heterocycles. The zero-order valence-corrected chi connectivity index (χ0v) is 11.0. The van der Waals surface area contributed by atoms with Crippen LogP contribution in [-0.4, -0.2) is 55.5 Å². The van der Waals surface area contributed by atoms with Gasteiger partial charge >= 0.3 is 0 Å². The predicted octanol–water partition coefficient (Wildman–Crippen LogP) is 0.594. The van der Waals surface area contributed by atoms with Crippen LogP contribution in [0.3, 0.4) is 0 Å². The molecule has 0 radical (unpaired) electrons. The first-order chi connectivity index (χ1) is 9.04. The largest absolute Gasteiger partial charge is 0.396 e. The van der Waals surface area contributed by atoms with Gasteiger partial charge in [0.1, 0.15) is 5.82 Å². The van der Waals surface area contributed by atoms with Crippen LogP contribution in [0, 0.1) is 5.82 Å². The quantitative estimate of drug-likeness (QED) is 0.786. The molecule has 6 heteroatoms. The van der Waals surface area contributed by atoms with Gasteiger partial charge in [-0.25, -0.2) is 4.39 Å². The van der Waals surface area contributed by atoms with Crippen LogP contribution in [0.4, 0.5) is 15.8 Å². The van der Waals surface area contributed by atoms with Gasteiger partial charge in [0.25, 0.3) is 0 Å². The average Bonchev–Trinajstić information content (AvgIpc) is 2.37. The van der Waals surface area contributed by atoms with Gasteiger partial charge in [-0.3, -0.25) is 9.69 Å². The molecule has 0 spiro atoms. The minimum atomic E-state index is -0.475. The number of hydrogen-bond acceptors (Lipinski definition) is 4. The highest BCUT2D eigenvalue weighted by Crippen LogP contribution is 2.16. The number of nitrogen functional groups attached to an aromatic ring is 1. The fourth-order valence-electron chi connectivity index (χ4n) is 2.03. The summed E-state index contributed by atoms with van der Waals surface area (Å²) in [5.74, 6) is -0.576. The number of hydrogen-bond donors (Lipinski definition) is 2. The van der Waals surface area contributed by atoms with Crippen molar-refractivity contribution in [2.45, 2.75) is 0 Å². The van der Waals surface area contributed by atoms with Crippen molar-refractivity contribution < 1.29 is 9.18 Å². The van der Waals surface area contributed by atoms with Crippen LogP contribution in [0.2, 0.25) is 0 Å². The Morgan fingerprint density at radius 2 is 2.05 bits per heavy atom. The Morgan fingerprint density at radius 3 is 2.68 bits per heavy atom. The number of amides is 1. The number of rotatable bonds is 3. The number of carbonyl (C=O) groups excluding carboxylic acids is 1. The van der Waals surface area contributed by atoms with Crippen LogP contribution in [0.15, 0.2) is 18.2 Å². The summed E-state index contributed by atoms with van der Waals surface area (Å²) in [4.78, 5) is 16.2. The van der Waals surface area contributed by atoms with E-state index in [1.807, 2.05) is 0 Å². The lowest BCUT2D eigenvalue weighted by molar-refractivity contribution is -0.117. The third kappa shape index (κ3) is 3.90. The van der Waals surface area contributed by atoms with Crippen molar-refractivity contribution in [3.8, 4) is 0 Å². The number of anilines is 2. The second kappa shape index (κ2) is 5.99. The van der Waals surface area contributed by atoms with Crippen molar-refractivity contribution in [1.29, 1.82) is 0 Å². The second-order valence-electron chi connectivity index (χ2n) is 4.86. The van der Waals surface area contributed by atoms with E-state index in [1.54, 1.807) is 0 Å². The van der Waals surface area contributed by atoms with Gasteiger partial charge in [-0.2, -0.15) is 0 Å². The van der Waals surface area contributed by atoms with Crippen molar-refractivity contribution in [2.75, 3.05) is 50.8 Å². The van der Waals surface area contributed by atoms with Gasteiger partial charge in [-0.15, -0.1) is 0 Å². The molecule has 1 aliphatic rings. The highest BCUT2D eigenvalue weighted by atomic mass is 19.1. The fourth-order valence-corrected chi connectivity index (χ4v) is 2.03. The van der Waals surface area contributed by atoms with E-state index in [1.165, 1.54) is 18.2 Å². The summed E-state index contributed by atoms with van der Waals surface area (Å²) in [6.07, 6.45) is 0. The van der Waals surface area contributed by atoms with E-state index in [0.717, 1.165) is 26.2 Å². The molecule has 19 heavy (non-hydrogen) atoms. The van der Waals surface area contributed by atoms with Gasteiger partial charge in [0.2, 0.25) is 5.91 Å². The first-order valence-corrected chi connectivity index (χ1v) is 6.30. The van der Waals surface area contributed by atoms with Crippen molar-refractivity contribution >= 4 is 17.3 Å². The summed E-state index contributed by atoms with van der Waals surface area (Å²) in [5.41, 5.74) is 6.02. The zero-order chi connectivity index (χ0) is 13.8. The van der Waals surface area contributed by atoms with Gasteiger partial charge in [0.15, 0.2) is 0 Å². The average molecular weight is 266 g/mol. The molecule has 1 saturated heterocycles. The minimum absolute atomic E-state index is 0.0393. The number of likely N-dealkylation sites (N-methyl/N-ethyl adjacent to an activating group) is 1. The summed E-state index contributed by atoms with van der Waals surface area (Å²) in [6, 6.07) is 4.19. The number of nitrogens with zero attached hydrogens (tertiary/aromatic N) is 2. The number of benzene rings is 1. The standard InChI is InChI=1S/C13H19FN4O/c1-17-4-6-18(7-5-17)9-13(19)16-10-2-3-11(14)12(15)8-10/h2-3,8H,4-7,9,15H2,1H3,(H,16,19). The van der Waals surface area contributed by atoms with Crippen molar-refractivity contribution in [1.82, 2.24) is 9.80 Å². The van der Waals surface area contributed by atoms with E-state index < -0.39 is 5.82 Å². The zero-order valence-electron chi connectivity index (χ0n) is 11.0. The molecule has 0 saturated carbocycles. The van der Waals surface area contributed by atoms with E-state index in [9.17, 15) is 9.18 Å². The maximum Gasteiger partial charge on any atom is 0.238 e. The predicted molar refractivity (Wildman–Crippen MR) is 73.4 cm³/mol. The molecule has 2 rings (SSSR count). The molecule has 1 amide bonds. The van der Waals surface area contributed by atoms with E-state index >= 15 is 0 Å². The van der Waals surface area contributed by atoms with E-state index in [4.69, 9.17) is 5.73 Å². The number of nitrogens with one attached hydrogen (secondary N) is 1. The molecular formula is C13H19FN4O. The molecule has 104 valence electrons.